The smallest absolute Gasteiger partial charge is 0.254 e. The lowest BCUT2D eigenvalue weighted by molar-refractivity contribution is -0.0447. The second-order valence-electron chi connectivity index (χ2n) is 4.90. The number of morpholine rings is 1. The molecule has 1 saturated heterocycles. The van der Waals surface area contributed by atoms with Crippen molar-refractivity contribution in [1.82, 2.24) is 4.90 Å². The van der Waals surface area contributed by atoms with Gasteiger partial charge in [0.1, 0.15) is 0 Å². The molecule has 1 fully saturated rings. The summed E-state index contributed by atoms with van der Waals surface area (Å²) in [5.41, 5.74) is 2.94. The Kier molecular flexibility index (Phi) is 3.50. The highest BCUT2D eigenvalue weighted by atomic mass is 16.5. The van der Waals surface area contributed by atoms with Crippen LogP contribution in [0.25, 0.3) is 0 Å². The lowest BCUT2D eigenvalue weighted by Gasteiger charge is -2.32. The maximum absolute atomic E-state index is 12.4. The summed E-state index contributed by atoms with van der Waals surface area (Å²) in [7, 11) is 0. The Labute approximate surface area is 111 Å². The molecule has 102 valence electrons. The largest absolute Gasteiger partial charge is 0.394 e. The van der Waals surface area contributed by atoms with Gasteiger partial charge in [0.25, 0.3) is 5.91 Å². The van der Waals surface area contributed by atoms with Gasteiger partial charge in [-0.1, -0.05) is 6.07 Å². The number of carbonyl (C=O) groups excluding carboxylic acids is 1. The van der Waals surface area contributed by atoms with E-state index in [1.165, 1.54) is 0 Å². The molecule has 1 unspecified atom stereocenters. The van der Waals surface area contributed by atoms with Crippen LogP contribution in [-0.4, -0.2) is 48.3 Å². The Morgan fingerprint density at radius 3 is 3.05 bits per heavy atom. The first-order valence-corrected chi connectivity index (χ1v) is 6.49. The van der Waals surface area contributed by atoms with E-state index in [9.17, 15) is 4.79 Å². The molecule has 2 aliphatic heterocycles. The van der Waals surface area contributed by atoms with Crippen molar-refractivity contribution in [3.63, 3.8) is 0 Å². The Hall–Kier alpha value is -1.43. The first-order chi connectivity index (χ1) is 9.28. The number of carbonyl (C=O) groups is 1. The third-order valence-electron chi connectivity index (χ3n) is 3.60. The van der Waals surface area contributed by atoms with Gasteiger partial charge in [-0.05, 0) is 23.3 Å². The summed E-state index contributed by atoms with van der Waals surface area (Å²) in [5, 5.41) is 9.11. The highest BCUT2D eigenvalue weighted by Gasteiger charge is 2.25. The molecule has 0 aliphatic carbocycles. The van der Waals surface area contributed by atoms with E-state index >= 15 is 0 Å². The Morgan fingerprint density at radius 2 is 2.21 bits per heavy atom. The SMILES string of the molecule is O=C(c1ccc2c(c1)COC2)N1CCOC(CO)C1. The highest BCUT2D eigenvalue weighted by Crippen LogP contribution is 2.22. The number of rotatable bonds is 2. The molecular weight excluding hydrogens is 246 g/mol. The summed E-state index contributed by atoms with van der Waals surface area (Å²) < 4.78 is 10.7. The maximum atomic E-state index is 12.4. The third-order valence-corrected chi connectivity index (χ3v) is 3.60. The van der Waals surface area contributed by atoms with Crippen LogP contribution in [0.3, 0.4) is 0 Å². The maximum Gasteiger partial charge on any atom is 0.254 e. The average Bonchev–Trinajstić information content (AvgIpc) is 2.94. The molecule has 1 amide bonds. The van der Waals surface area contributed by atoms with Crippen LogP contribution in [0.5, 0.6) is 0 Å². The minimum atomic E-state index is -0.268. The van der Waals surface area contributed by atoms with Gasteiger partial charge in [0.2, 0.25) is 0 Å². The Morgan fingerprint density at radius 1 is 1.37 bits per heavy atom. The number of hydrogen-bond acceptors (Lipinski definition) is 4. The van der Waals surface area contributed by atoms with Gasteiger partial charge in [-0.25, -0.2) is 0 Å². The lowest BCUT2D eigenvalue weighted by Crippen LogP contribution is -2.46. The van der Waals surface area contributed by atoms with E-state index in [2.05, 4.69) is 0 Å². The summed E-state index contributed by atoms with van der Waals surface area (Å²) >= 11 is 0. The van der Waals surface area contributed by atoms with E-state index in [-0.39, 0.29) is 18.6 Å². The number of ether oxygens (including phenoxy) is 2. The van der Waals surface area contributed by atoms with Gasteiger partial charge in [-0.3, -0.25) is 4.79 Å². The molecule has 19 heavy (non-hydrogen) atoms. The van der Waals surface area contributed by atoms with E-state index in [4.69, 9.17) is 14.6 Å². The zero-order valence-electron chi connectivity index (χ0n) is 10.7. The van der Waals surface area contributed by atoms with Crippen molar-refractivity contribution in [3.8, 4) is 0 Å². The van der Waals surface area contributed by atoms with E-state index in [1.54, 1.807) is 4.90 Å². The van der Waals surface area contributed by atoms with E-state index in [0.29, 0.717) is 38.5 Å². The van der Waals surface area contributed by atoms with Crippen LogP contribution in [0.1, 0.15) is 21.5 Å². The molecule has 0 saturated carbocycles. The van der Waals surface area contributed by atoms with Crippen LogP contribution < -0.4 is 0 Å². The molecule has 1 aromatic carbocycles. The topological polar surface area (TPSA) is 59.0 Å². The Balaban J connectivity index is 1.76. The molecule has 0 bridgehead atoms. The normalized spacial score (nSPS) is 22.4. The third kappa shape index (κ3) is 2.49. The molecule has 0 aromatic heterocycles. The predicted molar refractivity (Wildman–Crippen MR) is 67.7 cm³/mol. The fourth-order valence-electron chi connectivity index (χ4n) is 2.50. The minimum absolute atomic E-state index is 0.00329. The van der Waals surface area contributed by atoms with Crippen molar-refractivity contribution >= 4 is 5.91 Å². The molecule has 3 rings (SSSR count). The summed E-state index contributed by atoms with van der Waals surface area (Å²) in [4.78, 5) is 14.1. The van der Waals surface area contributed by atoms with Gasteiger partial charge in [-0.2, -0.15) is 0 Å². The summed E-state index contributed by atoms with van der Waals surface area (Å²) in [5.74, 6) is -0.00329. The number of hydrogen-bond donors (Lipinski definition) is 1. The van der Waals surface area contributed by atoms with Gasteiger partial charge in [0, 0.05) is 18.7 Å². The number of fused-ring (bicyclic) bond motifs is 1. The van der Waals surface area contributed by atoms with E-state index in [1.807, 2.05) is 18.2 Å². The van der Waals surface area contributed by atoms with Gasteiger partial charge in [0.05, 0.1) is 32.5 Å². The van der Waals surface area contributed by atoms with Crippen LogP contribution in [0.15, 0.2) is 18.2 Å². The molecule has 2 heterocycles. The summed E-state index contributed by atoms with van der Waals surface area (Å²) in [6, 6.07) is 5.72. The number of aliphatic hydroxyl groups excluding tert-OH is 1. The van der Waals surface area contributed by atoms with Crippen molar-refractivity contribution < 1.29 is 19.4 Å². The first kappa shape index (κ1) is 12.6. The summed E-state index contributed by atoms with van der Waals surface area (Å²) in [6.07, 6.45) is -0.268. The monoisotopic (exact) mass is 263 g/mol. The zero-order valence-corrected chi connectivity index (χ0v) is 10.7. The predicted octanol–water partition coefficient (Wildman–Crippen LogP) is 0.550. The number of aliphatic hydroxyl groups is 1. The van der Waals surface area contributed by atoms with Crippen LogP contribution in [-0.2, 0) is 22.7 Å². The molecule has 1 aromatic rings. The average molecular weight is 263 g/mol. The first-order valence-electron chi connectivity index (χ1n) is 6.49. The van der Waals surface area contributed by atoms with E-state index < -0.39 is 0 Å². The molecule has 1 atom stereocenters. The van der Waals surface area contributed by atoms with Crippen molar-refractivity contribution in [2.24, 2.45) is 0 Å². The van der Waals surface area contributed by atoms with Crippen LogP contribution in [0.4, 0.5) is 0 Å². The standard InChI is InChI=1S/C14H17NO4/c16-7-13-6-15(3-4-19-13)14(17)10-1-2-11-8-18-9-12(11)5-10/h1-2,5,13,16H,3-4,6-9H2. The van der Waals surface area contributed by atoms with Crippen molar-refractivity contribution in [2.45, 2.75) is 19.3 Å². The summed E-state index contributed by atoms with van der Waals surface area (Å²) in [6.45, 7) is 2.66. The number of amides is 1. The second-order valence-corrected chi connectivity index (χ2v) is 4.90. The molecule has 1 N–H and O–H groups in total. The molecule has 2 aliphatic rings. The van der Waals surface area contributed by atoms with Crippen molar-refractivity contribution in [2.75, 3.05) is 26.3 Å². The van der Waals surface area contributed by atoms with Crippen LogP contribution in [0.2, 0.25) is 0 Å². The van der Waals surface area contributed by atoms with Gasteiger partial charge < -0.3 is 19.5 Å². The lowest BCUT2D eigenvalue weighted by atomic mass is 10.1. The van der Waals surface area contributed by atoms with Crippen molar-refractivity contribution in [1.29, 1.82) is 0 Å². The quantitative estimate of drug-likeness (QED) is 0.846. The molecule has 5 nitrogen and oxygen atoms in total. The van der Waals surface area contributed by atoms with Crippen molar-refractivity contribution in [3.05, 3.63) is 34.9 Å². The zero-order chi connectivity index (χ0) is 13.2. The molecule has 0 spiro atoms. The van der Waals surface area contributed by atoms with Gasteiger partial charge in [-0.15, -0.1) is 0 Å². The van der Waals surface area contributed by atoms with Crippen LogP contribution >= 0.6 is 0 Å². The fourth-order valence-corrected chi connectivity index (χ4v) is 2.50. The molecular formula is C14H17NO4. The minimum Gasteiger partial charge on any atom is -0.394 e. The Bertz CT molecular complexity index is 488. The van der Waals surface area contributed by atoms with Gasteiger partial charge >= 0.3 is 0 Å². The second kappa shape index (κ2) is 5.28. The highest BCUT2D eigenvalue weighted by molar-refractivity contribution is 5.94. The van der Waals surface area contributed by atoms with E-state index in [0.717, 1.165) is 11.1 Å². The number of benzene rings is 1. The van der Waals surface area contributed by atoms with Crippen LogP contribution in [0, 0.1) is 0 Å². The molecule has 0 radical (unpaired) electrons. The molecule has 5 heteroatoms. The van der Waals surface area contributed by atoms with Gasteiger partial charge in [0.15, 0.2) is 0 Å². The fraction of sp³-hybridized carbons (Fsp3) is 0.500. The number of nitrogens with zero attached hydrogens (tertiary/aromatic N) is 1.